The largest absolute Gasteiger partial charge is 0.350 e. The molecule has 2 aliphatic carbocycles. The van der Waals surface area contributed by atoms with E-state index in [2.05, 4.69) is 10.6 Å². The molecule has 0 aliphatic heterocycles. The van der Waals surface area contributed by atoms with Crippen molar-refractivity contribution in [2.24, 2.45) is 0 Å². The Kier molecular flexibility index (Phi) is 6.26. The van der Waals surface area contributed by atoms with Crippen molar-refractivity contribution in [3.63, 3.8) is 0 Å². The maximum atomic E-state index is 12.1. The van der Waals surface area contributed by atoms with Gasteiger partial charge in [0.2, 0.25) is 5.91 Å². The Morgan fingerprint density at radius 2 is 1.40 bits per heavy atom. The van der Waals surface area contributed by atoms with Gasteiger partial charge in [-0.05, 0) is 49.5 Å². The first-order chi connectivity index (χ1) is 12.2. The van der Waals surface area contributed by atoms with Crippen LogP contribution in [0.2, 0.25) is 0 Å². The van der Waals surface area contributed by atoms with Crippen LogP contribution < -0.4 is 10.6 Å². The Bertz CT molecular complexity index is 609. The summed E-state index contributed by atoms with van der Waals surface area (Å²) in [5.74, 6) is -0.0406. The van der Waals surface area contributed by atoms with Gasteiger partial charge in [-0.2, -0.15) is 0 Å². The third kappa shape index (κ3) is 6.04. The molecule has 0 unspecified atom stereocenters. The fraction of sp³-hybridized carbons (Fsp3) is 0.524. The number of benzene rings is 1. The van der Waals surface area contributed by atoms with Crippen LogP contribution in [0.4, 0.5) is 0 Å². The smallest absolute Gasteiger partial charge is 0.251 e. The van der Waals surface area contributed by atoms with E-state index in [1.807, 2.05) is 24.3 Å². The number of carbonyl (C=O) groups excluding carboxylic acids is 2. The van der Waals surface area contributed by atoms with Crippen molar-refractivity contribution in [1.82, 2.24) is 10.6 Å². The second-order valence-electron chi connectivity index (χ2n) is 7.25. The highest BCUT2D eigenvalue weighted by molar-refractivity contribution is 5.95. The first-order valence-electron chi connectivity index (χ1n) is 9.60. The van der Waals surface area contributed by atoms with Crippen LogP contribution in [0, 0.1) is 0 Å². The molecule has 4 heteroatoms. The van der Waals surface area contributed by atoms with Crippen molar-refractivity contribution in [2.45, 2.75) is 69.9 Å². The molecule has 2 N–H and O–H groups in total. The molecule has 0 saturated heterocycles. The topological polar surface area (TPSA) is 58.2 Å². The first kappa shape index (κ1) is 17.7. The van der Waals surface area contributed by atoms with Crippen LogP contribution in [-0.4, -0.2) is 23.9 Å². The summed E-state index contributed by atoms with van der Waals surface area (Å²) in [7, 11) is 0. The van der Waals surface area contributed by atoms with Crippen molar-refractivity contribution in [3.8, 4) is 0 Å². The summed E-state index contributed by atoms with van der Waals surface area (Å²) in [6.45, 7) is 0. The van der Waals surface area contributed by atoms with Gasteiger partial charge in [-0.3, -0.25) is 9.59 Å². The maximum Gasteiger partial charge on any atom is 0.251 e. The van der Waals surface area contributed by atoms with Crippen LogP contribution >= 0.6 is 0 Å². The molecule has 2 saturated carbocycles. The molecular weight excluding hydrogens is 312 g/mol. The Morgan fingerprint density at radius 3 is 2.04 bits per heavy atom. The van der Waals surface area contributed by atoms with Gasteiger partial charge in [-0.1, -0.05) is 44.2 Å². The third-order valence-corrected chi connectivity index (χ3v) is 4.96. The molecule has 0 atom stereocenters. The standard InChI is InChI=1S/C21H28N2O2/c24-20(22-18-6-4-2-1-3-5-7-18)15-10-16-8-11-17(12-9-16)21(25)23-19-13-14-19/h8-12,15,18-19H,1-7,13-14H2,(H,22,24)(H,23,25)/b15-10+. The van der Waals surface area contributed by atoms with Crippen molar-refractivity contribution in [2.75, 3.05) is 0 Å². The molecule has 4 nitrogen and oxygen atoms in total. The van der Waals surface area contributed by atoms with Gasteiger partial charge in [0.1, 0.15) is 0 Å². The summed E-state index contributed by atoms with van der Waals surface area (Å²) in [6, 6.07) is 8.05. The lowest BCUT2D eigenvalue weighted by atomic mass is 9.97. The molecule has 2 fully saturated rings. The average Bonchev–Trinajstić information content (AvgIpc) is 3.40. The lowest BCUT2D eigenvalue weighted by Gasteiger charge is -2.20. The van der Waals surface area contributed by atoms with Crippen molar-refractivity contribution < 1.29 is 9.59 Å². The van der Waals surface area contributed by atoms with Gasteiger partial charge < -0.3 is 10.6 Å². The van der Waals surface area contributed by atoms with E-state index in [9.17, 15) is 9.59 Å². The van der Waals surface area contributed by atoms with Crippen molar-refractivity contribution in [1.29, 1.82) is 0 Å². The van der Waals surface area contributed by atoms with E-state index in [0.717, 1.165) is 31.2 Å². The van der Waals surface area contributed by atoms with Crippen LogP contribution in [-0.2, 0) is 4.79 Å². The van der Waals surface area contributed by atoms with Gasteiger partial charge in [0, 0.05) is 23.7 Å². The highest BCUT2D eigenvalue weighted by Crippen LogP contribution is 2.19. The zero-order chi connectivity index (χ0) is 17.5. The van der Waals surface area contributed by atoms with Crippen LogP contribution in [0.1, 0.15) is 73.7 Å². The summed E-state index contributed by atoms with van der Waals surface area (Å²) in [5.41, 5.74) is 1.60. The Labute approximate surface area is 150 Å². The highest BCUT2D eigenvalue weighted by Gasteiger charge is 2.23. The van der Waals surface area contributed by atoms with Crippen LogP contribution in [0.5, 0.6) is 0 Å². The molecule has 134 valence electrons. The molecule has 0 radical (unpaired) electrons. The Hall–Kier alpha value is -2.10. The number of amides is 2. The van der Waals surface area contributed by atoms with Gasteiger partial charge in [0.05, 0.1) is 0 Å². The summed E-state index contributed by atoms with van der Waals surface area (Å²) >= 11 is 0. The first-order valence-corrected chi connectivity index (χ1v) is 9.60. The summed E-state index contributed by atoms with van der Waals surface area (Å²) in [4.78, 5) is 24.1. The molecule has 3 rings (SSSR count). The van der Waals surface area contributed by atoms with Gasteiger partial charge >= 0.3 is 0 Å². The highest BCUT2D eigenvalue weighted by atomic mass is 16.2. The molecule has 0 bridgehead atoms. The van der Waals surface area contributed by atoms with Crippen LogP contribution in [0.25, 0.3) is 6.08 Å². The zero-order valence-electron chi connectivity index (χ0n) is 14.8. The van der Waals surface area contributed by atoms with E-state index >= 15 is 0 Å². The Morgan fingerprint density at radius 1 is 0.800 bits per heavy atom. The summed E-state index contributed by atoms with van der Waals surface area (Å²) in [5, 5.41) is 6.10. The van der Waals surface area contributed by atoms with Crippen molar-refractivity contribution >= 4 is 17.9 Å². The van der Waals surface area contributed by atoms with E-state index in [-0.39, 0.29) is 11.8 Å². The van der Waals surface area contributed by atoms with E-state index < -0.39 is 0 Å². The predicted octanol–water partition coefficient (Wildman–Crippen LogP) is 3.82. The maximum absolute atomic E-state index is 12.1. The molecule has 0 aromatic heterocycles. The van der Waals surface area contributed by atoms with Crippen molar-refractivity contribution in [3.05, 3.63) is 41.5 Å². The van der Waals surface area contributed by atoms with Gasteiger partial charge in [-0.25, -0.2) is 0 Å². The molecule has 1 aromatic rings. The molecule has 25 heavy (non-hydrogen) atoms. The minimum atomic E-state index is -0.0267. The van der Waals surface area contributed by atoms with E-state index in [0.29, 0.717) is 17.6 Å². The number of nitrogens with one attached hydrogen (secondary N) is 2. The SMILES string of the molecule is O=C(/C=C/c1ccc(C(=O)NC2CC2)cc1)NC1CCCCCCC1. The number of rotatable bonds is 5. The normalized spacial score (nSPS) is 19.2. The minimum absolute atomic E-state index is 0.0138. The minimum Gasteiger partial charge on any atom is -0.350 e. The van der Waals surface area contributed by atoms with E-state index in [1.54, 1.807) is 12.2 Å². The Balaban J connectivity index is 1.48. The number of hydrogen-bond acceptors (Lipinski definition) is 2. The molecular formula is C21H28N2O2. The predicted molar refractivity (Wildman–Crippen MR) is 100 cm³/mol. The lowest BCUT2D eigenvalue weighted by molar-refractivity contribution is -0.117. The van der Waals surface area contributed by atoms with Crippen LogP contribution in [0.3, 0.4) is 0 Å². The average molecular weight is 340 g/mol. The van der Waals surface area contributed by atoms with Gasteiger partial charge in [0.15, 0.2) is 0 Å². The molecule has 2 aliphatic rings. The second-order valence-corrected chi connectivity index (χ2v) is 7.25. The van der Waals surface area contributed by atoms with E-state index in [4.69, 9.17) is 0 Å². The van der Waals surface area contributed by atoms with Gasteiger partial charge in [0.25, 0.3) is 5.91 Å². The fourth-order valence-electron chi connectivity index (χ4n) is 3.26. The lowest BCUT2D eigenvalue weighted by Crippen LogP contribution is -2.34. The second kappa shape index (κ2) is 8.84. The third-order valence-electron chi connectivity index (χ3n) is 4.96. The number of carbonyl (C=O) groups is 2. The summed E-state index contributed by atoms with van der Waals surface area (Å²) < 4.78 is 0. The molecule has 0 spiro atoms. The zero-order valence-corrected chi connectivity index (χ0v) is 14.8. The fourth-order valence-corrected chi connectivity index (χ4v) is 3.26. The van der Waals surface area contributed by atoms with E-state index in [1.165, 1.54) is 32.1 Å². The van der Waals surface area contributed by atoms with Gasteiger partial charge in [-0.15, -0.1) is 0 Å². The quantitative estimate of drug-likeness (QED) is 0.801. The molecule has 2 amide bonds. The monoisotopic (exact) mass is 340 g/mol. The van der Waals surface area contributed by atoms with Crippen LogP contribution in [0.15, 0.2) is 30.3 Å². The summed E-state index contributed by atoms with van der Waals surface area (Å²) in [6.07, 6.45) is 14.1. The number of hydrogen-bond donors (Lipinski definition) is 2. The molecule has 1 aromatic carbocycles. The molecule has 0 heterocycles.